The van der Waals surface area contributed by atoms with Crippen molar-refractivity contribution in [2.75, 3.05) is 20.2 Å². The van der Waals surface area contributed by atoms with Gasteiger partial charge in [0.25, 0.3) is 5.91 Å². The van der Waals surface area contributed by atoms with Gasteiger partial charge >= 0.3 is 0 Å². The number of aromatic amines is 2. The number of H-pyrrole nitrogens is 2. The van der Waals surface area contributed by atoms with Crippen molar-refractivity contribution in [3.8, 4) is 28.4 Å². The molecule has 0 radical (unpaired) electrons. The fourth-order valence-electron chi connectivity index (χ4n) is 4.46. The summed E-state index contributed by atoms with van der Waals surface area (Å²) in [7, 11) is 1.64. The van der Waals surface area contributed by atoms with E-state index < -0.39 is 0 Å². The largest absolute Gasteiger partial charge is 0.497 e. The van der Waals surface area contributed by atoms with Gasteiger partial charge in [-0.15, -0.1) is 0 Å². The first-order valence-electron chi connectivity index (χ1n) is 12.7. The molecule has 1 amide bonds. The number of ether oxygens (including phenoxy) is 1. The highest BCUT2D eigenvalue weighted by molar-refractivity contribution is 5.96. The van der Waals surface area contributed by atoms with Gasteiger partial charge in [-0.1, -0.05) is 25.1 Å². The molecule has 3 aromatic heterocycles. The Hall–Kier alpha value is -4.50. The third-order valence-electron chi connectivity index (χ3n) is 6.64. The van der Waals surface area contributed by atoms with E-state index in [0.717, 1.165) is 46.4 Å². The van der Waals surface area contributed by atoms with E-state index in [1.807, 2.05) is 42.7 Å². The molecule has 0 fully saturated rings. The molecule has 0 aliphatic carbocycles. The molecule has 0 atom stereocenters. The molecule has 5 rings (SSSR count). The van der Waals surface area contributed by atoms with Crippen LogP contribution in [0.25, 0.3) is 33.5 Å². The van der Waals surface area contributed by atoms with E-state index in [4.69, 9.17) is 4.74 Å². The first-order chi connectivity index (χ1) is 18.6. The molecule has 0 aliphatic rings. The third kappa shape index (κ3) is 5.28. The van der Waals surface area contributed by atoms with E-state index in [1.165, 1.54) is 11.1 Å². The molecule has 0 unspecified atom stereocenters. The summed E-state index contributed by atoms with van der Waals surface area (Å²) in [6.07, 6.45) is 6.04. The van der Waals surface area contributed by atoms with Crippen molar-refractivity contribution < 1.29 is 9.53 Å². The summed E-state index contributed by atoms with van der Waals surface area (Å²) in [6, 6.07) is 14.0. The normalized spacial score (nSPS) is 11.1. The number of carbonyl (C=O) groups excluding carboxylic acids is 1. The lowest BCUT2D eigenvalue weighted by atomic mass is 9.98. The number of nitrogens with one attached hydrogen (secondary N) is 4. The number of imidazole rings is 1. The number of fused-ring (bicyclic) bond motifs is 1. The quantitative estimate of drug-likeness (QED) is 0.221. The standard InChI is InChI=1S/C29H31N7O2/c1-4-30-14-21-15-31-16-24(18(21)2)20-8-9-25-23(13-20)27(36-35-25)28-33-17-26(34-28)29(37)32-11-10-19-6-5-7-22(12-19)38-3/h5-9,12-13,15-17,30H,4,10-11,14H2,1-3H3,(H,32,37)(H,33,34)(H,35,36). The zero-order valence-corrected chi connectivity index (χ0v) is 21.8. The van der Waals surface area contributed by atoms with Gasteiger partial charge in [0.15, 0.2) is 5.82 Å². The Labute approximate surface area is 221 Å². The smallest absolute Gasteiger partial charge is 0.269 e. The molecular weight excluding hydrogens is 478 g/mol. The zero-order valence-electron chi connectivity index (χ0n) is 21.8. The van der Waals surface area contributed by atoms with Gasteiger partial charge in [0.1, 0.15) is 17.1 Å². The summed E-state index contributed by atoms with van der Waals surface area (Å²) in [5.74, 6) is 1.11. The molecule has 5 aromatic rings. The van der Waals surface area contributed by atoms with Crippen LogP contribution in [-0.4, -0.2) is 51.3 Å². The molecular formula is C29H31N7O2. The summed E-state index contributed by atoms with van der Waals surface area (Å²) in [6.45, 7) is 6.39. The van der Waals surface area contributed by atoms with Crippen molar-refractivity contribution in [1.82, 2.24) is 35.8 Å². The van der Waals surface area contributed by atoms with E-state index in [1.54, 1.807) is 13.3 Å². The van der Waals surface area contributed by atoms with Crippen LogP contribution in [0.5, 0.6) is 5.75 Å². The minimum absolute atomic E-state index is 0.216. The van der Waals surface area contributed by atoms with E-state index in [0.29, 0.717) is 30.2 Å². The van der Waals surface area contributed by atoms with Crippen LogP contribution in [0.15, 0.2) is 61.1 Å². The Balaban J connectivity index is 1.33. The Kier molecular flexibility index (Phi) is 7.46. The highest BCUT2D eigenvalue weighted by Crippen LogP contribution is 2.31. The molecule has 38 heavy (non-hydrogen) atoms. The van der Waals surface area contributed by atoms with Crippen LogP contribution < -0.4 is 15.4 Å². The van der Waals surface area contributed by atoms with Gasteiger partial charge in [-0.2, -0.15) is 5.10 Å². The molecule has 0 spiro atoms. The second kappa shape index (κ2) is 11.3. The van der Waals surface area contributed by atoms with E-state index >= 15 is 0 Å². The molecule has 9 nitrogen and oxygen atoms in total. The maximum absolute atomic E-state index is 12.7. The number of rotatable bonds is 10. The van der Waals surface area contributed by atoms with Crippen molar-refractivity contribution in [2.24, 2.45) is 0 Å². The van der Waals surface area contributed by atoms with Gasteiger partial charge in [0.2, 0.25) is 0 Å². The van der Waals surface area contributed by atoms with Crippen molar-refractivity contribution in [3.63, 3.8) is 0 Å². The minimum Gasteiger partial charge on any atom is -0.497 e. The fraction of sp³-hybridized carbons (Fsp3) is 0.241. The zero-order chi connectivity index (χ0) is 26.5. The molecule has 194 valence electrons. The van der Waals surface area contributed by atoms with Gasteiger partial charge in [-0.05, 0) is 66.4 Å². The third-order valence-corrected chi connectivity index (χ3v) is 6.64. The summed E-state index contributed by atoms with van der Waals surface area (Å²) < 4.78 is 5.26. The first kappa shape index (κ1) is 25.2. The number of hydrogen-bond donors (Lipinski definition) is 4. The summed E-state index contributed by atoms with van der Waals surface area (Å²) >= 11 is 0. The Morgan fingerprint density at radius 3 is 2.84 bits per heavy atom. The maximum atomic E-state index is 12.7. The number of amides is 1. The number of benzene rings is 2. The number of nitrogens with zero attached hydrogens (tertiary/aromatic N) is 3. The average Bonchev–Trinajstić information content (AvgIpc) is 3.60. The second-order valence-corrected chi connectivity index (χ2v) is 9.09. The second-order valence-electron chi connectivity index (χ2n) is 9.09. The van der Waals surface area contributed by atoms with Gasteiger partial charge in [0, 0.05) is 36.4 Å². The summed E-state index contributed by atoms with van der Waals surface area (Å²) in [5.41, 5.74) is 7.50. The van der Waals surface area contributed by atoms with Gasteiger partial charge in [0.05, 0.1) is 18.8 Å². The summed E-state index contributed by atoms with van der Waals surface area (Å²) in [5, 5.41) is 14.8. The predicted molar refractivity (Wildman–Crippen MR) is 148 cm³/mol. The maximum Gasteiger partial charge on any atom is 0.269 e. The van der Waals surface area contributed by atoms with Gasteiger partial charge < -0.3 is 20.4 Å². The molecule has 0 bridgehead atoms. The molecule has 0 aliphatic heterocycles. The Morgan fingerprint density at radius 2 is 2.00 bits per heavy atom. The van der Waals surface area contributed by atoms with Gasteiger partial charge in [-0.25, -0.2) is 4.98 Å². The first-order valence-corrected chi connectivity index (χ1v) is 12.7. The monoisotopic (exact) mass is 509 g/mol. The number of carbonyl (C=O) groups is 1. The SMILES string of the molecule is CCNCc1cncc(-c2ccc3[nH]nc(-c4ncc(C(=O)NCCc5cccc(OC)c5)[nH]4)c3c2)c1C. The van der Waals surface area contributed by atoms with Crippen molar-refractivity contribution in [3.05, 3.63) is 83.4 Å². The van der Waals surface area contributed by atoms with Crippen LogP contribution in [-0.2, 0) is 13.0 Å². The predicted octanol–water partition coefficient (Wildman–Crippen LogP) is 4.41. The molecule has 0 saturated heterocycles. The molecule has 4 N–H and O–H groups in total. The van der Waals surface area contributed by atoms with E-state index in [2.05, 4.69) is 61.8 Å². The summed E-state index contributed by atoms with van der Waals surface area (Å²) in [4.78, 5) is 24.8. The lowest BCUT2D eigenvalue weighted by Crippen LogP contribution is -2.26. The molecule has 9 heteroatoms. The van der Waals surface area contributed by atoms with Crippen LogP contribution >= 0.6 is 0 Å². The van der Waals surface area contributed by atoms with E-state index in [9.17, 15) is 4.79 Å². The number of pyridine rings is 1. The van der Waals surface area contributed by atoms with Crippen LogP contribution in [0.4, 0.5) is 0 Å². The van der Waals surface area contributed by atoms with Gasteiger partial charge in [-0.3, -0.25) is 14.9 Å². The van der Waals surface area contributed by atoms with Crippen LogP contribution in [0.1, 0.15) is 34.1 Å². The van der Waals surface area contributed by atoms with Crippen molar-refractivity contribution >= 4 is 16.8 Å². The van der Waals surface area contributed by atoms with Crippen molar-refractivity contribution in [2.45, 2.75) is 26.8 Å². The van der Waals surface area contributed by atoms with Crippen LogP contribution in [0, 0.1) is 6.92 Å². The van der Waals surface area contributed by atoms with Crippen LogP contribution in [0.3, 0.4) is 0 Å². The fourth-order valence-corrected chi connectivity index (χ4v) is 4.46. The molecule has 2 aromatic carbocycles. The highest BCUT2D eigenvalue weighted by Gasteiger charge is 2.16. The Morgan fingerprint density at radius 1 is 1.11 bits per heavy atom. The Bertz CT molecular complexity index is 1570. The lowest BCUT2D eigenvalue weighted by molar-refractivity contribution is 0.0949. The number of methoxy groups -OCH3 is 1. The molecule has 0 saturated carbocycles. The lowest BCUT2D eigenvalue weighted by Gasteiger charge is -2.11. The van der Waals surface area contributed by atoms with Crippen LogP contribution in [0.2, 0.25) is 0 Å². The topological polar surface area (TPSA) is 121 Å². The molecule has 3 heterocycles. The van der Waals surface area contributed by atoms with E-state index in [-0.39, 0.29) is 5.91 Å². The number of aromatic nitrogens is 5. The van der Waals surface area contributed by atoms with Crippen molar-refractivity contribution in [1.29, 1.82) is 0 Å². The highest BCUT2D eigenvalue weighted by atomic mass is 16.5. The number of hydrogen-bond acceptors (Lipinski definition) is 6. The minimum atomic E-state index is -0.216. The average molecular weight is 510 g/mol.